The Morgan fingerprint density at radius 3 is 2.52 bits per heavy atom. The molecule has 29 heavy (non-hydrogen) atoms. The molecule has 5 nitrogen and oxygen atoms in total. The van der Waals surface area contributed by atoms with Gasteiger partial charge in [0.1, 0.15) is 0 Å². The number of amides is 1. The molecule has 1 N–H and O–H groups in total. The number of nitrogens with zero attached hydrogens (tertiary/aromatic N) is 1. The van der Waals surface area contributed by atoms with E-state index >= 15 is 0 Å². The average molecular weight is 429 g/mol. The Labute approximate surface area is 176 Å². The summed E-state index contributed by atoms with van der Waals surface area (Å²) in [5.74, 6) is -0.168. The van der Waals surface area contributed by atoms with Crippen molar-refractivity contribution in [3.05, 3.63) is 81.5 Å². The molecule has 3 aromatic rings. The van der Waals surface area contributed by atoms with Crippen LogP contribution in [0.4, 0.5) is 5.69 Å². The lowest BCUT2D eigenvalue weighted by molar-refractivity contribution is 0.0745. The molecule has 0 saturated heterocycles. The van der Waals surface area contributed by atoms with E-state index in [1.54, 1.807) is 66.6 Å². The maximum Gasteiger partial charge on any atom is 0.262 e. The van der Waals surface area contributed by atoms with E-state index in [0.717, 1.165) is 10.4 Å². The van der Waals surface area contributed by atoms with Gasteiger partial charge < -0.3 is 4.90 Å². The van der Waals surface area contributed by atoms with Crippen molar-refractivity contribution in [1.29, 1.82) is 0 Å². The fourth-order valence-corrected chi connectivity index (χ4v) is 5.23. The van der Waals surface area contributed by atoms with Crippen LogP contribution in [0.2, 0.25) is 0 Å². The Morgan fingerprint density at radius 2 is 1.83 bits per heavy atom. The summed E-state index contributed by atoms with van der Waals surface area (Å²) in [6.07, 6.45) is 0. The molecule has 0 aliphatic rings. The predicted molar refractivity (Wildman–Crippen MR) is 118 cm³/mol. The van der Waals surface area contributed by atoms with E-state index in [-0.39, 0.29) is 16.8 Å². The molecule has 2 aromatic carbocycles. The Balaban J connectivity index is 1.84. The highest BCUT2D eigenvalue weighted by atomic mass is 32.2. The number of carbonyl (C=O) groups is 1. The van der Waals surface area contributed by atoms with Gasteiger partial charge in [0.2, 0.25) is 0 Å². The maximum atomic E-state index is 12.9. The topological polar surface area (TPSA) is 66.5 Å². The monoisotopic (exact) mass is 428 g/mol. The Hall–Kier alpha value is -2.64. The maximum absolute atomic E-state index is 12.9. The van der Waals surface area contributed by atoms with Crippen molar-refractivity contribution >= 4 is 33.0 Å². The number of aryl methyl sites for hydroxylation is 2. The van der Waals surface area contributed by atoms with Crippen molar-refractivity contribution in [2.45, 2.75) is 31.7 Å². The van der Waals surface area contributed by atoms with Gasteiger partial charge in [-0.15, -0.1) is 11.3 Å². The van der Waals surface area contributed by atoms with Gasteiger partial charge in [-0.3, -0.25) is 9.52 Å². The van der Waals surface area contributed by atoms with Crippen LogP contribution >= 0.6 is 11.3 Å². The van der Waals surface area contributed by atoms with Gasteiger partial charge in [-0.25, -0.2) is 8.42 Å². The van der Waals surface area contributed by atoms with Crippen LogP contribution in [0.3, 0.4) is 0 Å². The van der Waals surface area contributed by atoms with Crippen molar-refractivity contribution in [2.75, 3.05) is 11.8 Å². The minimum absolute atomic E-state index is 0.0715. The fraction of sp³-hybridized carbons (Fsp3) is 0.227. The quantitative estimate of drug-likeness (QED) is 0.601. The smallest absolute Gasteiger partial charge is 0.262 e. The lowest BCUT2D eigenvalue weighted by Crippen LogP contribution is -2.29. The van der Waals surface area contributed by atoms with Crippen LogP contribution in [-0.4, -0.2) is 26.3 Å². The van der Waals surface area contributed by atoms with Crippen molar-refractivity contribution < 1.29 is 13.2 Å². The molecule has 7 heteroatoms. The number of nitrogens with one attached hydrogen (secondary N) is 1. The molecule has 1 amide bonds. The summed E-state index contributed by atoms with van der Waals surface area (Å²) in [6.45, 7) is 5.58. The number of hydrogen-bond acceptors (Lipinski definition) is 4. The van der Waals surface area contributed by atoms with Crippen LogP contribution in [0, 0.1) is 13.8 Å². The van der Waals surface area contributed by atoms with Crippen LogP contribution in [0.15, 0.2) is 64.9 Å². The Kier molecular flexibility index (Phi) is 6.10. The van der Waals surface area contributed by atoms with E-state index in [1.807, 2.05) is 37.4 Å². The van der Waals surface area contributed by atoms with E-state index in [2.05, 4.69) is 4.72 Å². The molecule has 0 aliphatic heterocycles. The second-order valence-corrected chi connectivity index (χ2v) is 9.69. The highest BCUT2D eigenvalue weighted by Gasteiger charge is 2.21. The van der Waals surface area contributed by atoms with E-state index in [9.17, 15) is 13.2 Å². The van der Waals surface area contributed by atoms with Crippen molar-refractivity contribution in [3.8, 4) is 0 Å². The Morgan fingerprint density at radius 1 is 1.07 bits per heavy atom. The molecule has 1 atom stereocenters. The second kappa shape index (κ2) is 8.39. The van der Waals surface area contributed by atoms with Crippen molar-refractivity contribution in [2.24, 2.45) is 0 Å². The first-order chi connectivity index (χ1) is 13.7. The number of carbonyl (C=O) groups excluding carboxylic acids is 1. The largest absolute Gasteiger partial charge is 0.334 e. The van der Waals surface area contributed by atoms with E-state index in [1.165, 1.54) is 0 Å². The summed E-state index contributed by atoms with van der Waals surface area (Å²) in [6, 6.07) is 15.8. The molecule has 0 bridgehead atoms. The third-order valence-corrected chi connectivity index (χ3v) is 7.42. The van der Waals surface area contributed by atoms with Gasteiger partial charge in [0.15, 0.2) is 0 Å². The number of thiophene rings is 1. The van der Waals surface area contributed by atoms with Gasteiger partial charge in [-0.2, -0.15) is 0 Å². The van der Waals surface area contributed by atoms with Crippen LogP contribution in [-0.2, 0) is 10.0 Å². The molecule has 0 fully saturated rings. The van der Waals surface area contributed by atoms with Gasteiger partial charge in [0.05, 0.1) is 10.9 Å². The lowest BCUT2D eigenvalue weighted by atomic mass is 10.1. The summed E-state index contributed by atoms with van der Waals surface area (Å²) >= 11 is 1.60. The van der Waals surface area contributed by atoms with Crippen LogP contribution in [0.25, 0.3) is 0 Å². The number of anilines is 1. The molecular weight excluding hydrogens is 404 g/mol. The van der Waals surface area contributed by atoms with Crippen molar-refractivity contribution in [3.63, 3.8) is 0 Å². The van der Waals surface area contributed by atoms with E-state index in [4.69, 9.17) is 0 Å². The Bertz CT molecular complexity index is 1120. The van der Waals surface area contributed by atoms with Gasteiger partial charge in [-0.05, 0) is 67.6 Å². The average Bonchev–Trinajstić information content (AvgIpc) is 3.22. The molecule has 1 unspecified atom stereocenters. The summed E-state index contributed by atoms with van der Waals surface area (Å²) in [5, 5.41) is 1.98. The normalized spacial score (nSPS) is 12.4. The molecule has 1 aromatic heterocycles. The fourth-order valence-electron chi connectivity index (χ4n) is 3.02. The van der Waals surface area contributed by atoms with Gasteiger partial charge in [-0.1, -0.05) is 24.3 Å². The molecule has 0 spiro atoms. The summed E-state index contributed by atoms with van der Waals surface area (Å²) < 4.78 is 28.3. The molecule has 0 aliphatic carbocycles. The minimum Gasteiger partial charge on any atom is -0.334 e. The predicted octanol–water partition coefficient (Wildman–Crippen LogP) is 5.00. The highest BCUT2D eigenvalue weighted by Crippen LogP contribution is 2.26. The molecule has 3 rings (SSSR count). The van der Waals surface area contributed by atoms with Gasteiger partial charge >= 0.3 is 0 Å². The zero-order valence-corrected chi connectivity index (χ0v) is 18.5. The van der Waals surface area contributed by atoms with E-state index in [0.29, 0.717) is 16.8 Å². The second-order valence-electron chi connectivity index (χ2n) is 7.06. The summed E-state index contributed by atoms with van der Waals surface area (Å²) in [5.41, 5.74) is 2.31. The molecule has 0 saturated carbocycles. The first-order valence-electron chi connectivity index (χ1n) is 9.20. The first kappa shape index (κ1) is 21.1. The van der Waals surface area contributed by atoms with Crippen molar-refractivity contribution in [1.82, 2.24) is 4.90 Å². The zero-order chi connectivity index (χ0) is 21.2. The molecular formula is C22H24N2O3S2. The number of rotatable bonds is 6. The van der Waals surface area contributed by atoms with Crippen LogP contribution in [0.1, 0.15) is 39.3 Å². The number of benzene rings is 2. The standard InChI is InChI=1S/C22H24N2O3S2/c1-15-10-11-16(2)21(13-15)29(26,27)23-19-8-5-7-18(14-19)22(25)24(4)17(3)20-9-6-12-28-20/h5-14,17,23H,1-4H3. The zero-order valence-electron chi connectivity index (χ0n) is 16.8. The lowest BCUT2D eigenvalue weighted by Gasteiger charge is -2.24. The summed E-state index contributed by atoms with van der Waals surface area (Å²) in [4.78, 5) is 15.9. The first-order valence-corrected chi connectivity index (χ1v) is 11.6. The molecule has 1 heterocycles. The van der Waals surface area contributed by atoms with E-state index < -0.39 is 10.0 Å². The van der Waals surface area contributed by atoms with Crippen LogP contribution in [0.5, 0.6) is 0 Å². The number of hydrogen-bond donors (Lipinski definition) is 1. The van der Waals surface area contributed by atoms with Gasteiger partial charge in [0.25, 0.3) is 15.9 Å². The van der Waals surface area contributed by atoms with Crippen LogP contribution < -0.4 is 4.72 Å². The summed E-state index contributed by atoms with van der Waals surface area (Å²) in [7, 11) is -2.00. The SMILES string of the molecule is Cc1ccc(C)c(S(=O)(=O)Nc2cccc(C(=O)N(C)C(C)c3cccs3)c2)c1. The minimum atomic E-state index is -3.75. The third-order valence-electron chi connectivity index (χ3n) is 4.85. The molecule has 0 radical (unpaired) electrons. The highest BCUT2D eigenvalue weighted by molar-refractivity contribution is 7.92. The third kappa shape index (κ3) is 4.68. The van der Waals surface area contributed by atoms with Gasteiger partial charge in [0, 0.05) is 23.2 Å². The number of sulfonamides is 1. The molecule has 152 valence electrons.